The first-order chi connectivity index (χ1) is 13.0. The summed E-state index contributed by atoms with van der Waals surface area (Å²) in [5.41, 5.74) is 9.67. The van der Waals surface area contributed by atoms with Gasteiger partial charge in [0.1, 0.15) is 6.54 Å². The number of carbonyl (C=O) groups is 1. The number of aliphatic hydroxyl groups excluding tert-OH is 1. The van der Waals surface area contributed by atoms with Crippen LogP contribution in [-0.2, 0) is 17.9 Å². The van der Waals surface area contributed by atoms with Gasteiger partial charge in [-0.15, -0.1) is 0 Å². The number of benzene rings is 2. The summed E-state index contributed by atoms with van der Waals surface area (Å²) in [4.78, 5) is 13.7. The van der Waals surface area contributed by atoms with E-state index in [2.05, 4.69) is 18.0 Å². The second-order valence-electron chi connectivity index (χ2n) is 7.09. The smallest absolute Gasteiger partial charge is 0.237 e. The van der Waals surface area contributed by atoms with Gasteiger partial charge in [-0.25, -0.2) is 0 Å². The highest BCUT2D eigenvalue weighted by atomic mass is 16.3. The molecule has 0 saturated heterocycles. The summed E-state index contributed by atoms with van der Waals surface area (Å²) in [5, 5.41) is 11.5. The molecule has 0 aliphatic heterocycles. The molecule has 1 unspecified atom stereocenters. The average molecular weight is 365 g/mol. The Kier molecular flexibility index (Phi) is 5.94. The van der Waals surface area contributed by atoms with E-state index in [-0.39, 0.29) is 12.5 Å². The first-order valence-electron chi connectivity index (χ1n) is 9.24. The van der Waals surface area contributed by atoms with Crippen molar-refractivity contribution in [3.63, 3.8) is 0 Å². The number of nitrogens with zero attached hydrogens (tertiary/aromatic N) is 2. The van der Waals surface area contributed by atoms with Crippen molar-refractivity contribution in [1.29, 1.82) is 0 Å². The Balaban J connectivity index is 1.74. The Morgan fingerprint density at radius 1 is 1.15 bits per heavy atom. The quantitative estimate of drug-likeness (QED) is 0.645. The molecular weight excluding hydrogens is 338 g/mol. The molecule has 2 aromatic carbocycles. The molecule has 3 N–H and O–H groups in total. The molecule has 142 valence electrons. The normalized spacial score (nSPS) is 12.6. The summed E-state index contributed by atoms with van der Waals surface area (Å²) in [5.74, 6) is -0.343. The van der Waals surface area contributed by atoms with Gasteiger partial charge in [0.15, 0.2) is 0 Å². The summed E-state index contributed by atoms with van der Waals surface area (Å²) in [6, 6.07) is 17.8. The second kappa shape index (κ2) is 8.37. The zero-order chi connectivity index (χ0) is 19.4. The number of carbonyl (C=O) groups excluding carboxylic acids is 1. The fourth-order valence-corrected chi connectivity index (χ4v) is 3.60. The van der Waals surface area contributed by atoms with Crippen LogP contribution in [0.25, 0.3) is 10.9 Å². The molecule has 0 saturated carbocycles. The van der Waals surface area contributed by atoms with Gasteiger partial charge < -0.3 is 20.3 Å². The number of fused-ring (bicyclic) bond motifs is 1. The number of para-hydroxylation sites is 1. The van der Waals surface area contributed by atoms with Crippen molar-refractivity contribution in [2.75, 3.05) is 13.6 Å². The van der Waals surface area contributed by atoms with Gasteiger partial charge in [0.05, 0.1) is 6.10 Å². The van der Waals surface area contributed by atoms with Crippen molar-refractivity contribution in [2.24, 2.45) is 5.73 Å². The molecule has 0 fully saturated rings. The molecule has 1 aromatic heterocycles. The minimum atomic E-state index is -0.467. The number of aliphatic hydroxyl groups is 1. The van der Waals surface area contributed by atoms with Crippen molar-refractivity contribution < 1.29 is 9.90 Å². The van der Waals surface area contributed by atoms with Crippen LogP contribution in [0.3, 0.4) is 0 Å². The van der Waals surface area contributed by atoms with E-state index in [1.165, 1.54) is 5.56 Å². The van der Waals surface area contributed by atoms with E-state index in [1.807, 2.05) is 60.0 Å². The van der Waals surface area contributed by atoms with Crippen molar-refractivity contribution >= 4 is 16.8 Å². The van der Waals surface area contributed by atoms with Crippen LogP contribution in [0.5, 0.6) is 0 Å². The fraction of sp³-hybridized carbons (Fsp3) is 0.318. The van der Waals surface area contributed by atoms with E-state index in [0.29, 0.717) is 6.42 Å². The highest BCUT2D eigenvalue weighted by Crippen LogP contribution is 2.27. The largest absolute Gasteiger partial charge is 0.388 e. The number of aromatic nitrogens is 1. The van der Waals surface area contributed by atoms with Crippen molar-refractivity contribution in [2.45, 2.75) is 32.5 Å². The van der Waals surface area contributed by atoms with E-state index in [0.717, 1.165) is 35.2 Å². The molecule has 0 aliphatic carbocycles. The fourth-order valence-electron chi connectivity index (χ4n) is 3.60. The van der Waals surface area contributed by atoms with E-state index < -0.39 is 6.10 Å². The predicted octanol–water partition coefficient (Wildman–Crippen LogP) is 2.99. The number of hydrogen-bond donors (Lipinski definition) is 2. The van der Waals surface area contributed by atoms with Gasteiger partial charge in [0.2, 0.25) is 5.91 Å². The third-order valence-electron chi connectivity index (χ3n) is 5.07. The van der Waals surface area contributed by atoms with Crippen molar-refractivity contribution in [3.05, 3.63) is 71.4 Å². The van der Waals surface area contributed by atoms with Crippen LogP contribution in [0.4, 0.5) is 0 Å². The van der Waals surface area contributed by atoms with Gasteiger partial charge in [-0.3, -0.25) is 4.79 Å². The Bertz CT molecular complexity index is 918. The highest BCUT2D eigenvalue weighted by Gasteiger charge is 2.17. The minimum Gasteiger partial charge on any atom is -0.388 e. The molecule has 27 heavy (non-hydrogen) atoms. The molecule has 5 nitrogen and oxygen atoms in total. The van der Waals surface area contributed by atoms with Gasteiger partial charge in [-0.1, -0.05) is 48.5 Å². The third-order valence-corrected chi connectivity index (χ3v) is 5.07. The van der Waals surface area contributed by atoms with E-state index >= 15 is 0 Å². The molecule has 0 aliphatic rings. The number of rotatable bonds is 8. The zero-order valence-corrected chi connectivity index (χ0v) is 15.9. The van der Waals surface area contributed by atoms with Crippen molar-refractivity contribution in [1.82, 2.24) is 9.47 Å². The number of amides is 1. The van der Waals surface area contributed by atoms with Crippen LogP contribution >= 0.6 is 0 Å². The van der Waals surface area contributed by atoms with Crippen LogP contribution in [0.1, 0.15) is 29.3 Å². The van der Waals surface area contributed by atoms with Gasteiger partial charge in [-0.05, 0) is 37.6 Å². The topological polar surface area (TPSA) is 71.5 Å². The molecule has 0 bridgehead atoms. The summed E-state index contributed by atoms with van der Waals surface area (Å²) in [6.45, 7) is 3.73. The number of primary amides is 1. The zero-order valence-electron chi connectivity index (χ0n) is 15.9. The monoisotopic (exact) mass is 365 g/mol. The van der Waals surface area contributed by atoms with Gasteiger partial charge in [0, 0.05) is 29.7 Å². The maximum Gasteiger partial charge on any atom is 0.237 e. The van der Waals surface area contributed by atoms with Crippen LogP contribution in [-0.4, -0.2) is 34.1 Å². The maximum atomic E-state index is 11.5. The molecule has 3 aromatic rings. The molecule has 0 spiro atoms. The lowest BCUT2D eigenvalue weighted by atomic mass is 10.1. The average Bonchev–Trinajstić information content (AvgIpc) is 2.92. The summed E-state index contributed by atoms with van der Waals surface area (Å²) in [7, 11) is 2.05. The Morgan fingerprint density at radius 3 is 2.52 bits per heavy atom. The Morgan fingerprint density at radius 2 is 1.81 bits per heavy atom. The molecule has 1 atom stereocenters. The molecule has 1 amide bonds. The van der Waals surface area contributed by atoms with Gasteiger partial charge in [-0.2, -0.15) is 0 Å². The lowest BCUT2D eigenvalue weighted by molar-refractivity contribution is -0.118. The lowest BCUT2D eigenvalue weighted by Gasteiger charge is -2.19. The third kappa shape index (κ3) is 4.38. The predicted molar refractivity (Wildman–Crippen MR) is 108 cm³/mol. The van der Waals surface area contributed by atoms with E-state index in [4.69, 9.17) is 5.73 Å². The van der Waals surface area contributed by atoms with Crippen LogP contribution in [0.15, 0.2) is 54.6 Å². The van der Waals surface area contributed by atoms with Gasteiger partial charge in [0.25, 0.3) is 0 Å². The SMILES string of the molecule is Cc1c(CN(C)CCC(O)c2ccccc2)c2ccccc2n1CC(N)=O. The van der Waals surface area contributed by atoms with E-state index in [9.17, 15) is 9.90 Å². The summed E-state index contributed by atoms with van der Waals surface area (Å²) < 4.78 is 1.99. The molecule has 3 rings (SSSR count). The number of nitrogens with two attached hydrogens (primary N) is 1. The van der Waals surface area contributed by atoms with Crippen LogP contribution in [0.2, 0.25) is 0 Å². The van der Waals surface area contributed by atoms with E-state index in [1.54, 1.807) is 0 Å². The first kappa shape index (κ1) is 19.1. The maximum absolute atomic E-state index is 11.5. The number of hydrogen-bond acceptors (Lipinski definition) is 3. The lowest BCUT2D eigenvalue weighted by Crippen LogP contribution is -2.22. The molecule has 5 heteroatoms. The van der Waals surface area contributed by atoms with Crippen LogP contribution in [0, 0.1) is 6.92 Å². The first-order valence-corrected chi connectivity index (χ1v) is 9.24. The highest BCUT2D eigenvalue weighted by molar-refractivity contribution is 5.87. The van der Waals surface area contributed by atoms with Crippen LogP contribution < -0.4 is 5.73 Å². The molecular formula is C22H27N3O2. The van der Waals surface area contributed by atoms with Crippen molar-refractivity contribution in [3.8, 4) is 0 Å². The van der Waals surface area contributed by atoms with Gasteiger partial charge >= 0.3 is 0 Å². The Hall–Kier alpha value is -2.63. The standard InChI is InChI=1S/C22H27N3O2/c1-16-19(18-10-6-7-11-20(18)25(16)15-22(23)27)14-24(2)13-12-21(26)17-8-4-3-5-9-17/h3-11,21,26H,12-15H2,1-2H3,(H2,23,27). The molecule has 0 radical (unpaired) electrons. The molecule has 1 heterocycles. The Labute approximate surface area is 160 Å². The minimum absolute atomic E-state index is 0.183. The summed E-state index contributed by atoms with van der Waals surface area (Å²) >= 11 is 0. The summed E-state index contributed by atoms with van der Waals surface area (Å²) in [6.07, 6.45) is 0.199. The second-order valence-corrected chi connectivity index (χ2v) is 7.09.